The number of carbonyl (C=O) groups is 1. The first-order chi connectivity index (χ1) is 8.61. The largest absolute Gasteiger partial charge is 0.465 e. The summed E-state index contributed by atoms with van der Waals surface area (Å²) in [5.41, 5.74) is 3.89. The lowest BCUT2D eigenvalue weighted by molar-refractivity contribution is 0.124. The zero-order valence-electron chi connectivity index (χ0n) is 9.27. The monoisotopic (exact) mass is 361 g/mol. The van der Waals surface area contributed by atoms with Crippen molar-refractivity contribution in [3.05, 3.63) is 33.5 Å². The Morgan fingerprint density at radius 2 is 2.28 bits per heavy atom. The number of hydrogen-bond donors (Lipinski definition) is 5. The zero-order valence-corrected chi connectivity index (χ0v) is 11.4. The average molecular weight is 361 g/mol. The number of carboxylic acid groups (broad SMARTS) is 1. The maximum atomic E-state index is 10.5. The van der Waals surface area contributed by atoms with Gasteiger partial charge in [0, 0.05) is 27.2 Å². The van der Waals surface area contributed by atoms with Gasteiger partial charge in [-0.25, -0.2) is 4.79 Å². The van der Waals surface area contributed by atoms with Gasteiger partial charge in [0.05, 0.1) is 6.04 Å². The highest BCUT2D eigenvalue weighted by Gasteiger charge is 2.16. The third-order valence-electron chi connectivity index (χ3n) is 2.66. The Bertz CT molecular complexity index is 570. The van der Waals surface area contributed by atoms with E-state index in [1.165, 1.54) is 0 Å². The summed E-state index contributed by atoms with van der Waals surface area (Å²) in [6.07, 6.45) is 0.641. The molecule has 1 amide bonds. The topological polar surface area (TPSA) is 97.4 Å². The van der Waals surface area contributed by atoms with E-state index in [0.717, 1.165) is 20.0 Å². The Hall–Kier alpha value is -1.32. The molecule has 0 bridgehead atoms. The molecule has 1 unspecified atom stereocenters. The number of H-pyrrole nitrogens is 1. The Kier molecular flexibility index (Phi) is 4.04. The summed E-state index contributed by atoms with van der Waals surface area (Å²) in [4.78, 5) is 13.6. The van der Waals surface area contributed by atoms with Gasteiger partial charge >= 0.3 is 6.09 Å². The van der Waals surface area contributed by atoms with Crippen molar-refractivity contribution in [2.75, 3.05) is 6.54 Å². The third kappa shape index (κ3) is 2.74. The standard InChI is InChI=1S/C11H12IN3O3/c12-6-1-2-9-7(3-6)8(4-13-9)10(15-18)5-14-11(16)17/h1-4,10,13-15,18H,5H2,(H,16,17). The van der Waals surface area contributed by atoms with Gasteiger partial charge in [0.25, 0.3) is 0 Å². The van der Waals surface area contributed by atoms with Crippen LogP contribution in [0, 0.1) is 3.57 Å². The molecule has 0 saturated heterocycles. The van der Waals surface area contributed by atoms with E-state index in [9.17, 15) is 4.79 Å². The van der Waals surface area contributed by atoms with E-state index in [1.54, 1.807) is 6.20 Å². The summed E-state index contributed by atoms with van der Waals surface area (Å²) in [6, 6.07) is 5.40. The van der Waals surface area contributed by atoms with Crippen molar-refractivity contribution in [1.82, 2.24) is 15.8 Å². The molecular formula is C11H12IN3O3. The molecule has 0 saturated carbocycles. The number of amides is 1. The molecule has 1 atom stereocenters. The Labute approximate surface area is 116 Å². The Balaban J connectivity index is 2.32. The van der Waals surface area contributed by atoms with Crippen molar-refractivity contribution >= 4 is 39.6 Å². The highest BCUT2D eigenvalue weighted by molar-refractivity contribution is 14.1. The summed E-state index contributed by atoms with van der Waals surface area (Å²) >= 11 is 2.20. The maximum Gasteiger partial charge on any atom is 0.404 e. The lowest BCUT2D eigenvalue weighted by Crippen LogP contribution is -2.32. The second-order valence-electron chi connectivity index (χ2n) is 3.80. The molecule has 2 rings (SSSR count). The van der Waals surface area contributed by atoms with Crippen molar-refractivity contribution < 1.29 is 15.1 Å². The lowest BCUT2D eigenvalue weighted by Gasteiger charge is -2.14. The number of nitrogens with one attached hydrogen (secondary N) is 3. The highest BCUT2D eigenvalue weighted by Crippen LogP contribution is 2.25. The van der Waals surface area contributed by atoms with E-state index in [0.29, 0.717) is 0 Å². The zero-order chi connectivity index (χ0) is 13.1. The third-order valence-corrected chi connectivity index (χ3v) is 3.34. The predicted molar refractivity (Wildman–Crippen MR) is 74.7 cm³/mol. The van der Waals surface area contributed by atoms with Crippen LogP contribution in [0.3, 0.4) is 0 Å². The molecule has 0 aliphatic rings. The first kappa shape index (κ1) is 13.1. The van der Waals surface area contributed by atoms with Crippen LogP contribution in [0.5, 0.6) is 0 Å². The smallest absolute Gasteiger partial charge is 0.404 e. The van der Waals surface area contributed by atoms with E-state index in [1.807, 2.05) is 18.2 Å². The molecule has 0 spiro atoms. The van der Waals surface area contributed by atoms with Gasteiger partial charge in [-0.3, -0.25) is 0 Å². The number of rotatable bonds is 4. The molecule has 5 N–H and O–H groups in total. The van der Waals surface area contributed by atoms with Crippen LogP contribution >= 0.6 is 22.6 Å². The molecule has 6 nitrogen and oxygen atoms in total. The number of hydrogen-bond acceptors (Lipinski definition) is 3. The van der Waals surface area contributed by atoms with Crippen LogP contribution in [0.25, 0.3) is 10.9 Å². The van der Waals surface area contributed by atoms with Crippen LogP contribution in [-0.4, -0.2) is 27.9 Å². The summed E-state index contributed by atoms with van der Waals surface area (Å²) < 4.78 is 1.07. The molecule has 7 heteroatoms. The number of benzene rings is 1. The summed E-state index contributed by atoms with van der Waals surface area (Å²) in [5.74, 6) is 0. The molecule has 0 fully saturated rings. The molecule has 1 heterocycles. The number of aromatic amines is 1. The quantitative estimate of drug-likeness (QED) is 0.425. The number of aromatic nitrogens is 1. The minimum atomic E-state index is -1.12. The normalized spacial score (nSPS) is 12.6. The average Bonchev–Trinajstić information content (AvgIpc) is 2.73. The fourth-order valence-electron chi connectivity index (χ4n) is 1.82. The second-order valence-corrected chi connectivity index (χ2v) is 5.05. The molecule has 96 valence electrons. The number of halogens is 1. The van der Waals surface area contributed by atoms with E-state index in [4.69, 9.17) is 10.3 Å². The summed E-state index contributed by atoms with van der Waals surface area (Å²) in [5, 5.41) is 20.9. The van der Waals surface area contributed by atoms with Crippen molar-refractivity contribution in [2.45, 2.75) is 6.04 Å². The first-order valence-corrected chi connectivity index (χ1v) is 6.32. The van der Waals surface area contributed by atoms with E-state index >= 15 is 0 Å². The van der Waals surface area contributed by atoms with Gasteiger partial charge in [0.1, 0.15) is 0 Å². The van der Waals surface area contributed by atoms with Gasteiger partial charge in [-0.15, -0.1) is 0 Å². The fourth-order valence-corrected chi connectivity index (χ4v) is 2.31. The van der Waals surface area contributed by atoms with E-state index < -0.39 is 12.1 Å². The van der Waals surface area contributed by atoms with Crippen LogP contribution in [0.15, 0.2) is 24.4 Å². The SMILES string of the molecule is O=C(O)NCC(NO)c1c[nH]c2ccc(I)cc12. The molecule has 1 aromatic heterocycles. The van der Waals surface area contributed by atoms with Crippen LogP contribution in [0.4, 0.5) is 4.79 Å². The van der Waals surface area contributed by atoms with Crippen LogP contribution in [-0.2, 0) is 0 Å². The van der Waals surface area contributed by atoms with Gasteiger partial charge in [-0.05, 0) is 46.4 Å². The minimum absolute atomic E-state index is 0.0876. The number of hydroxylamine groups is 1. The van der Waals surface area contributed by atoms with Gasteiger partial charge in [-0.1, -0.05) is 0 Å². The first-order valence-electron chi connectivity index (χ1n) is 5.24. The van der Waals surface area contributed by atoms with Crippen LogP contribution < -0.4 is 10.8 Å². The molecule has 0 aliphatic heterocycles. The van der Waals surface area contributed by atoms with E-state index in [2.05, 4.69) is 38.4 Å². The molecule has 0 radical (unpaired) electrons. The lowest BCUT2D eigenvalue weighted by atomic mass is 10.1. The van der Waals surface area contributed by atoms with Gasteiger partial charge in [0.15, 0.2) is 0 Å². The predicted octanol–water partition coefficient (Wildman–Crippen LogP) is 2.06. The van der Waals surface area contributed by atoms with Gasteiger partial charge < -0.3 is 20.6 Å². The molecule has 1 aromatic carbocycles. The fraction of sp³-hybridized carbons (Fsp3) is 0.182. The highest BCUT2D eigenvalue weighted by atomic mass is 127. The van der Waals surface area contributed by atoms with Gasteiger partial charge in [0.2, 0.25) is 0 Å². The van der Waals surface area contributed by atoms with Crippen LogP contribution in [0.1, 0.15) is 11.6 Å². The molecule has 0 aliphatic carbocycles. The molecule has 18 heavy (non-hydrogen) atoms. The maximum absolute atomic E-state index is 10.5. The van der Waals surface area contributed by atoms with E-state index in [-0.39, 0.29) is 6.54 Å². The summed E-state index contributed by atoms with van der Waals surface area (Å²) in [6.45, 7) is 0.0876. The van der Waals surface area contributed by atoms with Crippen molar-refractivity contribution in [1.29, 1.82) is 0 Å². The Morgan fingerprint density at radius 1 is 1.50 bits per heavy atom. The van der Waals surface area contributed by atoms with Gasteiger partial charge in [-0.2, -0.15) is 5.48 Å². The minimum Gasteiger partial charge on any atom is -0.465 e. The van der Waals surface area contributed by atoms with Crippen molar-refractivity contribution in [3.63, 3.8) is 0 Å². The number of fused-ring (bicyclic) bond motifs is 1. The van der Waals surface area contributed by atoms with Crippen molar-refractivity contribution in [2.24, 2.45) is 0 Å². The van der Waals surface area contributed by atoms with Crippen LogP contribution in [0.2, 0.25) is 0 Å². The summed E-state index contributed by atoms with van der Waals surface area (Å²) in [7, 11) is 0. The molecule has 2 aromatic rings. The van der Waals surface area contributed by atoms with Crippen molar-refractivity contribution in [3.8, 4) is 0 Å². The molecular weight excluding hydrogens is 349 g/mol. The Morgan fingerprint density at radius 3 is 2.94 bits per heavy atom. The second kappa shape index (κ2) is 5.55.